The van der Waals surface area contributed by atoms with Gasteiger partial charge in [-0.15, -0.1) is 0 Å². The summed E-state index contributed by atoms with van der Waals surface area (Å²) >= 11 is 0. The molecule has 2 rings (SSSR count). The number of hydrogen-bond donors (Lipinski definition) is 2. The van der Waals surface area contributed by atoms with Crippen LogP contribution >= 0.6 is 0 Å². The summed E-state index contributed by atoms with van der Waals surface area (Å²) < 4.78 is 1.18. The molecule has 0 fully saturated rings. The molecule has 6 heteroatoms. The van der Waals surface area contributed by atoms with Gasteiger partial charge in [0.15, 0.2) is 0 Å². The van der Waals surface area contributed by atoms with E-state index < -0.39 is 0 Å². The molecule has 0 unspecified atom stereocenters. The molecule has 0 saturated heterocycles. The molecule has 0 bridgehead atoms. The van der Waals surface area contributed by atoms with E-state index in [1.54, 1.807) is 13.8 Å². The van der Waals surface area contributed by atoms with Crippen molar-refractivity contribution < 1.29 is 4.79 Å². The number of carbonyl (C=O) groups is 1. The second-order valence-corrected chi connectivity index (χ2v) is 4.83. The zero-order valence-corrected chi connectivity index (χ0v) is 12.1. The number of hydrogen-bond acceptors (Lipinski definition) is 4. The number of rotatable bonds is 4. The van der Waals surface area contributed by atoms with Gasteiger partial charge in [-0.1, -0.05) is 30.3 Å². The maximum atomic E-state index is 12.1. The first-order valence-electron chi connectivity index (χ1n) is 6.63. The molecular weight excluding hydrogens is 268 g/mol. The fourth-order valence-electron chi connectivity index (χ4n) is 1.93. The minimum absolute atomic E-state index is 0.0537. The third kappa shape index (κ3) is 3.47. The first kappa shape index (κ1) is 14.8. The van der Waals surface area contributed by atoms with Crippen LogP contribution in [0.5, 0.6) is 0 Å². The lowest BCUT2D eigenvalue weighted by Crippen LogP contribution is -2.35. The number of anilines is 1. The lowest BCUT2D eigenvalue weighted by Gasteiger charge is -2.11. The predicted molar refractivity (Wildman–Crippen MR) is 80.7 cm³/mol. The molecule has 0 radical (unpaired) electrons. The molecule has 0 spiro atoms. The van der Waals surface area contributed by atoms with Crippen LogP contribution in [0.3, 0.4) is 0 Å². The maximum absolute atomic E-state index is 12.1. The van der Waals surface area contributed by atoms with Crippen LogP contribution in [-0.4, -0.2) is 15.5 Å². The summed E-state index contributed by atoms with van der Waals surface area (Å²) in [7, 11) is 0. The Bertz CT molecular complexity index is 708. The molecule has 6 nitrogen and oxygen atoms in total. The van der Waals surface area contributed by atoms with Crippen LogP contribution in [-0.2, 0) is 17.9 Å². The summed E-state index contributed by atoms with van der Waals surface area (Å²) in [5.41, 5.74) is 7.51. The molecule has 0 saturated carbocycles. The van der Waals surface area contributed by atoms with Crippen molar-refractivity contribution >= 4 is 11.9 Å². The molecule has 1 aromatic carbocycles. The van der Waals surface area contributed by atoms with Gasteiger partial charge in [-0.25, -0.2) is 4.98 Å². The van der Waals surface area contributed by atoms with Gasteiger partial charge < -0.3 is 11.1 Å². The van der Waals surface area contributed by atoms with Gasteiger partial charge >= 0.3 is 0 Å². The van der Waals surface area contributed by atoms with Crippen molar-refractivity contribution in [3.63, 3.8) is 0 Å². The monoisotopic (exact) mass is 286 g/mol. The van der Waals surface area contributed by atoms with E-state index in [2.05, 4.69) is 10.3 Å². The Labute approximate surface area is 122 Å². The summed E-state index contributed by atoms with van der Waals surface area (Å²) in [6, 6.07) is 9.54. The second kappa shape index (κ2) is 6.21. The highest BCUT2D eigenvalue weighted by atomic mass is 16.2. The van der Waals surface area contributed by atoms with Gasteiger partial charge in [0.25, 0.3) is 5.56 Å². The lowest BCUT2D eigenvalue weighted by molar-refractivity contribution is -0.121. The fourth-order valence-corrected chi connectivity index (χ4v) is 1.93. The standard InChI is InChI=1S/C15H18N4O2/c1-10-11(2)18-15(16)19(14(10)21)9-13(20)17-8-12-6-4-3-5-7-12/h3-7H,8-9H2,1-2H3,(H2,16,18)(H,17,20). The minimum atomic E-state index is -0.283. The van der Waals surface area contributed by atoms with Gasteiger partial charge in [0, 0.05) is 17.8 Å². The summed E-state index contributed by atoms with van der Waals surface area (Å²) in [5.74, 6) is -0.226. The Morgan fingerprint density at radius 2 is 1.95 bits per heavy atom. The van der Waals surface area contributed by atoms with E-state index in [1.165, 1.54) is 4.57 Å². The number of nitrogens with zero attached hydrogens (tertiary/aromatic N) is 2. The van der Waals surface area contributed by atoms with Gasteiger partial charge in [-0.2, -0.15) is 0 Å². The van der Waals surface area contributed by atoms with Crippen LogP contribution in [0.1, 0.15) is 16.8 Å². The highest BCUT2D eigenvalue weighted by Gasteiger charge is 2.12. The van der Waals surface area contributed by atoms with E-state index in [0.717, 1.165) is 5.56 Å². The van der Waals surface area contributed by atoms with E-state index in [9.17, 15) is 9.59 Å². The number of amides is 1. The molecule has 0 atom stereocenters. The first-order chi connectivity index (χ1) is 9.99. The average molecular weight is 286 g/mol. The van der Waals surface area contributed by atoms with Crippen molar-refractivity contribution in [1.29, 1.82) is 0 Å². The first-order valence-corrected chi connectivity index (χ1v) is 6.63. The third-order valence-corrected chi connectivity index (χ3v) is 3.30. The van der Waals surface area contributed by atoms with Crippen LogP contribution in [0.4, 0.5) is 5.95 Å². The van der Waals surface area contributed by atoms with E-state index >= 15 is 0 Å². The second-order valence-electron chi connectivity index (χ2n) is 4.83. The summed E-state index contributed by atoms with van der Waals surface area (Å²) in [6.07, 6.45) is 0. The molecule has 21 heavy (non-hydrogen) atoms. The zero-order chi connectivity index (χ0) is 15.4. The number of nitrogen functional groups attached to an aromatic ring is 1. The van der Waals surface area contributed by atoms with Crippen LogP contribution in [0.25, 0.3) is 0 Å². The molecule has 110 valence electrons. The summed E-state index contributed by atoms with van der Waals surface area (Å²) in [6.45, 7) is 3.66. The van der Waals surface area contributed by atoms with E-state index in [0.29, 0.717) is 17.8 Å². The Hall–Kier alpha value is -2.63. The largest absolute Gasteiger partial charge is 0.369 e. The van der Waals surface area contributed by atoms with Crippen molar-refractivity contribution in [2.24, 2.45) is 0 Å². The van der Waals surface area contributed by atoms with Gasteiger partial charge in [-0.05, 0) is 19.4 Å². The van der Waals surface area contributed by atoms with Crippen LogP contribution < -0.4 is 16.6 Å². The molecule has 1 heterocycles. The van der Waals surface area contributed by atoms with Crippen LogP contribution in [0.2, 0.25) is 0 Å². The number of nitrogens with two attached hydrogens (primary N) is 1. The number of benzene rings is 1. The molecule has 1 amide bonds. The lowest BCUT2D eigenvalue weighted by atomic mass is 10.2. The number of nitrogens with one attached hydrogen (secondary N) is 1. The predicted octanol–water partition coefficient (Wildman–Crippen LogP) is 0.759. The molecule has 0 aliphatic rings. The molecular formula is C15H18N4O2. The summed E-state index contributed by atoms with van der Waals surface area (Å²) in [4.78, 5) is 28.1. The summed E-state index contributed by atoms with van der Waals surface area (Å²) in [5, 5.41) is 2.75. The number of carbonyl (C=O) groups excluding carboxylic acids is 1. The Kier molecular flexibility index (Phi) is 4.37. The minimum Gasteiger partial charge on any atom is -0.369 e. The highest BCUT2D eigenvalue weighted by Crippen LogP contribution is 2.02. The Morgan fingerprint density at radius 3 is 2.62 bits per heavy atom. The van der Waals surface area contributed by atoms with Gasteiger partial charge in [0.05, 0.1) is 0 Å². The highest BCUT2D eigenvalue weighted by molar-refractivity contribution is 5.76. The quantitative estimate of drug-likeness (QED) is 0.868. The number of aromatic nitrogens is 2. The Morgan fingerprint density at radius 1 is 1.29 bits per heavy atom. The van der Waals surface area contributed by atoms with E-state index in [4.69, 9.17) is 5.73 Å². The number of aryl methyl sites for hydroxylation is 1. The van der Waals surface area contributed by atoms with Gasteiger partial charge in [0.2, 0.25) is 11.9 Å². The Balaban J connectivity index is 2.07. The zero-order valence-electron chi connectivity index (χ0n) is 12.1. The molecule has 0 aliphatic carbocycles. The third-order valence-electron chi connectivity index (χ3n) is 3.30. The molecule has 3 N–H and O–H groups in total. The molecule has 1 aromatic heterocycles. The van der Waals surface area contributed by atoms with E-state index in [-0.39, 0.29) is 24.0 Å². The van der Waals surface area contributed by atoms with Gasteiger partial charge in [-0.3, -0.25) is 14.2 Å². The van der Waals surface area contributed by atoms with Crippen molar-refractivity contribution in [2.45, 2.75) is 26.9 Å². The van der Waals surface area contributed by atoms with Crippen molar-refractivity contribution in [1.82, 2.24) is 14.9 Å². The smallest absolute Gasteiger partial charge is 0.258 e. The van der Waals surface area contributed by atoms with Crippen LogP contribution in [0, 0.1) is 13.8 Å². The van der Waals surface area contributed by atoms with Crippen molar-refractivity contribution in [2.75, 3.05) is 5.73 Å². The fraction of sp³-hybridized carbons (Fsp3) is 0.267. The SMILES string of the molecule is Cc1nc(N)n(CC(=O)NCc2ccccc2)c(=O)c1C. The topological polar surface area (TPSA) is 90.0 Å². The molecule has 0 aliphatic heterocycles. The normalized spacial score (nSPS) is 10.4. The van der Waals surface area contributed by atoms with Crippen molar-refractivity contribution in [3.8, 4) is 0 Å². The molecule has 2 aromatic rings. The van der Waals surface area contributed by atoms with Crippen molar-refractivity contribution in [3.05, 3.63) is 57.5 Å². The van der Waals surface area contributed by atoms with Crippen LogP contribution in [0.15, 0.2) is 35.1 Å². The maximum Gasteiger partial charge on any atom is 0.258 e. The van der Waals surface area contributed by atoms with Gasteiger partial charge in [0.1, 0.15) is 6.54 Å². The van der Waals surface area contributed by atoms with E-state index in [1.807, 2.05) is 30.3 Å². The average Bonchev–Trinajstić information content (AvgIpc) is 2.48.